The lowest BCUT2D eigenvalue weighted by atomic mass is 9.82. The Kier molecular flexibility index (Phi) is 7.48. The minimum atomic E-state index is -0.535. The highest BCUT2D eigenvalue weighted by atomic mass is 32.2. The molecule has 1 saturated carbocycles. The van der Waals surface area contributed by atoms with Gasteiger partial charge < -0.3 is 20.1 Å². The number of ether oxygens (including phenoxy) is 2. The van der Waals surface area contributed by atoms with Crippen molar-refractivity contribution in [1.82, 2.24) is 5.32 Å². The molecule has 2 amide bonds. The van der Waals surface area contributed by atoms with E-state index in [4.69, 9.17) is 9.47 Å². The lowest BCUT2D eigenvalue weighted by Crippen LogP contribution is -2.46. The summed E-state index contributed by atoms with van der Waals surface area (Å²) in [5, 5.41) is 5.92. The van der Waals surface area contributed by atoms with Gasteiger partial charge in [-0.15, -0.1) is 0 Å². The Balaban J connectivity index is 1.61. The molecule has 1 fully saturated rings. The van der Waals surface area contributed by atoms with Gasteiger partial charge in [-0.2, -0.15) is 11.8 Å². The SMILES string of the molecule is CSCC[C@@H](NC(=O)C1CCC(C)CC1)C(=O)Nc1ccc2c(c1)OCCO2. The predicted octanol–water partition coefficient (Wildman–Crippen LogP) is 3.46. The number of carbonyl (C=O) groups is 2. The quantitative estimate of drug-likeness (QED) is 0.725. The number of anilines is 1. The van der Waals surface area contributed by atoms with Crippen LogP contribution in [0.2, 0.25) is 0 Å². The zero-order chi connectivity index (χ0) is 19.9. The average molecular weight is 407 g/mol. The lowest BCUT2D eigenvalue weighted by Gasteiger charge is -2.27. The van der Waals surface area contributed by atoms with Crippen molar-refractivity contribution < 1.29 is 19.1 Å². The fourth-order valence-electron chi connectivity index (χ4n) is 3.67. The number of hydrogen-bond donors (Lipinski definition) is 2. The van der Waals surface area contributed by atoms with Crippen LogP contribution in [0, 0.1) is 11.8 Å². The van der Waals surface area contributed by atoms with Crippen LogP contribution in [-0.2, 0) is 9.59 Å². The van der Waals surface area contributed by atoms with Crippen molar-refractivity contribution in [2.45, 2.75) is 45.1 Å². The standard InChI is InChI=1S/C21H30N2O4S/c1-14-3-5-15(6-4-14)20(24)23-17(9-12-28-2)21(25)22-16-7-8-18-19(13-16)27-11-10-26-18/h7-8,13-15,17H,3-6,9-12H2,1-2H3,(H,22,25)(H,23,24)/t14?,15?,17-/m1/s1. The maximum atomic E-state index is 12.8. The third-order valence-corrected chi connectivity index (χ3v) is 6.08. The van der Waals surface area contributed by atoms with E-state index in [1.54, 1.807) is 30.0 Å². The van der Waals surface area contributed by atoms with Crippen molar-refractivity contribution in [2.24, 2.45) is 11.8 Å². The molecule has 0 bridgehead atoms. The molecule has 3 rings (SSSR count). The number of rotatable bonds is 7. The van der Waals surface area contributed by atoms with Crippen molar-refractivity contribution in [3.8, 4) is 11.5 Å². The first-order chi connectivity index (χ1) is 13.6. The number of carbonyl (C=O) groups excluding carboxylic acids is 2. The second-order valence-electron chi connectivity index (χ2n) is 7.65. The van der Waals surface area contributed by atoms with E-state index in [2.05, 4.69) is 17.6 Å². The molecular formula is C21H30N2O4S. The van der Waals surface area contributed by atoms with Gasteiger partial charge in [-0.25, -0.2) is 0 Å². The normalized spacial score (nSPS) is 22.2. The molecule has 1 heterocycles. The van der Waals surface area contributed by atoms with Gasteiger partial charge in [0.1, 0.15) is 19.3 Å². The van der Waals surface area contributed by atoms with Crippen molar-refractivity contribution in [2.75, 3.05) is 30.5 Å². The summed E-state index contributed by atoms with van der Waals surface area (Å²) in [6.45, 7) is 3.26. The highest BCUT2D eigenvalue weighted by Crippen LogP contribution is 2.33. The van der Waals surface area contributed by atoms with Crippen LogP contribution in [-0.4, -0.2) is 43.1 Å². The Bertz CT molecular complexity index is 689. The predicted molar refractivity (Wildman–Crippen MR) is 112 cm³/mol. The van der Waals surface area contributed by atoms with Crippen LogP contribution in [0.5, 0.6) is 11.5 Å². The number of fused-ring (bicyclic) bond motifs is 1. The van der Waals surface area contributed by atoms with E-state index < -0.39 is 6.04 Å². The molecule has 154 valence electrons. The van der Waals surface area contributed by atoms with Crippen LogP contribution in [0.1, 0.15) is 39.0 Å². The van der Waals surface area contributed by atoms with Crippen molar-refractivity contribution in [3.05, 3.63) is 18.2 Å². The smallest absolute Gasteiger partial charge is 0.246 e. The molecule has 0 unspecified atom stereocenters. The number of nitrogens with one attached hydrogen (secondary N) is 2. The Morgan fingerprint density at radius 2 is 1.86 bits per heavy atom. The van der Waals surface area contributed by atoms with Crippen LogP contribution >= 0.6 is 11.8 Å². The Labute approximate surface area is 171 Å². The second kappa shape index (κ2) is 10.0. The molecule has 0 spiro atoms. The van der Waals surface area contributed by atoms with Crippen LogP contribution < -0.4 is 20.1 Å². The van der Waals surface area contributed by atoms with Crippen LogP contribution in [0.25, 0.3) is 0 Å². The Hall–Kier alpha value is -1.89. The monoisotopic (exact) mass is 406 g/mol. The van der Waals surface area contributed by atoms with E-state index in [-0.39, 0.29) is 17.7 Å². The molecular weight excluding hydrogens is 376 g/mol. The molecule has 0 aromatic heterocycles. The van der Waals surface area contributed by atoms with Gasteiger partial charge in [0, 0.05) is 17.7 Å². The number of benzene rings is 1. The van der Waals surface area contributed by atoms with Gasteiger partial charge in [-0.1, -0.05) is 6.92 Å². The van der Waals surface area contributed by atoms with Crippen LogP contribution in [0.4, 0.5) is 5.69 Å². The number of amides is 2. The largest absolute Gasteiger partial charge is 0.486 e. The molecule has 2 aliphatic rings. The van der Waals surface area contributed by atoms with E-state index in [0.29, 0.717) is 42.7 Å². The topological polar surface area (TPSA) is 76.7 Å². The van der Waals surface area contributed by atoms with E-state index in [9.17, 15) is 9.59 Å². The van der Waals surface area contributed by atoms with E-state index in [1.165, 1.54) is 0 Å². The number of thioether (sulfide) groups is 1. The van der Waals surface area contributed by atoms with Gasteiger partial charge in [0.05, 0.1) is 0 Å². The molecule has 7 heteroatoms. The first-order valence-electron chi connectivity index (χ1n) is 10.1. The highest BCUT2D eigenvalue weighted by Gasteiger charge is 2.28. The molecule has 1 aromatic rings. The summed E-state index contributed by atoms with van der Waals surface area (Å²) in [7, 11) is 0. The molecule has 2 N–H and O–H groups in total. The summed E-state index contributed by atoms with van der Waals surface area (Å²) in [4.78, 5) is 25.5. The molecule has 0 radical (unpaired) electrons. The van der Waals surface area contributed by atoms with E-state index in [1.807, 2.05) is 6.26 Å². The van der Waals surface area contributed by atoms with Gasteiger partial charge in [0.15, 0.2) is 11.5 Å². The summed E-state index contributed by atoms with van der Waals surface area (Å²) in [5.41, 5.74) is 0.643. The molecule has 28 heavy (non-hydrogen) atoms. The molecule has 6 nitrogen and oxygen atoms in total. The van der Waals surface area contributed by atoms with E-state index in [0.717, 1.165) is 31.4 Å². The first kappa shape index (κ1) is 20.8. The molecule has 0 saturated heterocycles. The summed E-state index contributed by atoms with van der Waals surface area (Å²) in [6.07, 6.45) is 6.58. The summed E-state index contributed by atoms with van der Waals surface area (Å²) in [5.74, 6) is 2.65. The fraction of sp³-hybridized carbons (Fsp3) is 0.619. The summed E-state index contributed by atoms with van der Waals surface area (Å²) in [6, 6.07) is 4.82. The van der Waals surface area contributed by atoms with Crippen molar-refractivity contribution >= 4 is 29.3 Å². The van der Waals surface area contributed by atoms with Gasteiger partial charge in [0.25, 0.3) is 0 Å². The van der Waals surface area contributed by atoms with Crippen molar-refractivity contribution in [1.29, 1.82) is 0 Å². The molecule has 1 atom stereocenters. The molecule has 1 aliphatic carbocycles. The van der Waals surface area contributed by atoms with Gasteiger partial charge in [0.2, 0.25) is 11.8 Å². The summed E-state index contributed by atoms with van der Waals surface area (Å²) >= 11 is 1.67. The minimum Gasteiger partial charge on any atom is -0.486 e. The van der Waals surface area contributed by atoms with Gasteiger partial charge in [-0.05, 0) is 62.2 Å². The Morgan fingerprint density at radius 3 is 2.57 bits per heavy atom. The second-order valence-corrected chi connectivity index (χ2v) is 8.63. The van der Waals surface area contributed by atoms with Gasteiger partial charge in [-0.3, -0.25) is 9.59 Å². The number of hydrogen-bond acceptors (Lipinski definition) is 5. The third kappa shape index (κ3) is 5.56. The fourth-order valence-corrected chi connectivity index (χ4v) is 4.14. The molecule has 1 aromatic carbocycles. The van der Waals surface area contributed by atoms with E-state index >= 15 is 0 Å². The van der Waals surface area contributed by atoms with Crippen LogP contribution in [0.15, 0.2) is 18.2 Å². The lowest BCUT2D eigenvalue weighted by molar-refractivity contribution is -0.130. The molecule has 1 aliphatic heterocycles. The zero-order valence-corrected chi connectivity index (χ0v) is 17.5. The first-order valence-corrected chi connectivity index (χ1v) is 11.5. The minimum absolute atomic E-state index is 0.00956. The summed E-state index contributed by atoms with van der Waals surface area (Å²) < 4.78 is 11.1. The zero-order valence-electron chi connectivity index (χ0n) is 16.7. The highest BCUT2D eigenvalue weighted by molar-refractivity contribution is 7.98. The van der Waals surface area contributed by atoms with Crippen LogP contribution in [0.3, 0.4) is 0 Å². The van der Waals surface area contributed by atoms with Gasteiger partial charge >= 0.3 is 0 Å². The maximum Gasteiger partial charge on any atom is 0.246 e. The third-order valence-electron chi connectivity index (χ3n) is 5.44. The Morgan fingerprint density at radius 1 is 1.14 bits per heavy atom. The average Bonchev–Trinajstić information content (AvgIpc) is 2.71. The van der Waals surface area contributed by atoms with Crippen molar-refractivity contribution in [3.63, 3.8) is 0 Å². The maximum absolute atomic E-state index is 12.8.